The molecular weight excluding hydrogens is 206 g/mol. The molecule has 0 atom stereocenters. The van der Waals surface area contributed by atoms with Gasteiger partial charge in [-0.15, -0.1) is 0 Å². The molecule has 0 saturated heterocycles. The third-order valence-electron chi connectivity index (χ3n) is 2.62. The largest absolute Gasteiger partial charge is 0.396 e. The lowest BCUT2D eigenvalue weighted by Crippen LogP contribution is -2.25. The highest BCUT2D eigenvalue weighted by molar-refractivity contribution is 5.76. The summed E-state index contributed by atoms with van der Waals surface area (Å²) in [7, 11) is 1.89. The summed E-state index contributed by atoms with van der Waals surface area (Å²) in [6.07, 6.45) is 3.59. The maximum absolute atomic E-state index is 11.4. The molecule has 0 aliphatic rings. The van der Waals surface area contributed by atoms with Crippen LogP contribution in [-0.2, 0) is 18.3 Å². The van der Waals surface area contributed by atoms with Gasteiger partial charge in [-0.3, -0.25) is 9.48 Å². The molecule has 1 aromatic heterocycles. The predicted octanol–water partition coefficient (Wildman–Crippen LogP) is 0.160. The van der Waals surface area contributed by atoms with Crippen molar-refractivity contribution in [2.45, 2.75) is 26.2 Å². The van der Waals surface area contributed by atoms with E-state index in [2.05, 4.69) is 10.4 Å². The number of aryl methyl sites for hydroxylation is 2. The summed E-state index contributed by atoms with van der Waals surface area (Å²) < 4.78 is 1.80. The minimum atomic E-state index is 0.0247. The fourth-order valence-electron chi connectivity index (χ4n) is 1.43. The molecule has 0 saturated carbocycles. The fourth-order valence-corrected chi connectivity index (χ4v) is 1.43. The Hall–Kier alpha value is -1.36. The van der Waals surface area contributed by atoms with Gasteiger partial charge < -0.3 is 10.4 Å². The van der Waals surface area contributed by atoms with Crippen molar-refractivity contribution < 1.29 is 9.90 Å². The van der Waals surface area contributed by atoms with E-state index in [9.17, 15) is 4.79 Å². The van der Waals surface area contributed by atoms with Crippen LogP contribution in [0.5, 0.6) is 0 Å². The number of hydrogen-bond acceptors (Lipinski definition) is 3. The van der Waals surface area contributed by atoms with Crippen molar-refractivity contribution in [1.82, 2.24) is 15.1 Å². The topological polar surface area (TPSA) is 67.2 Å². The minimum Gasteiger partial charge on any atom is -0.396 e. The molecule has 0 spiro atoms. The van der Waals surface area contributed by atoms with Gasteiger partial charge in [-0.2, -0.15) is 5.10 Å². The van der Waals surface area contributed by atoms with Crippen molar-refractivity contribution in [2.75, 3.05) is 13.2 Å². The molecule has 16 heavy (non-hydrogen) atoms. The number of rotatable bonds is 6. The molecule has 2 N–H and O–H groups in total. The Balaban J connectivity index is 2.29. The van der Waals surface area contributed by atoms with E-state index in [1.165, 1.54) is 0 Å². The van der Waals surface area contributed by atoms with Gasteiger partial charge in [-0.25, -0.2) is 0 Å². The number of aliphatic hydroxyl groups is 1. The average Bonchev–Trinajstić information content (AvgIpc) is 2.58. The van der Waals surface area contributed by atoms with Crippen LogP contribution in [0.3, 0.4) is 0 Å². The zero-order chi connectivity index (χ0) is 12.0. The van der Waals surface area contributed by atoms with Crippen molar-refractivity contribution in [3.63, 3.8) is 0 Å². The van der Waals surface area contributed by atoms with Crippen molar-refractivity contribution in [3.05, 3.63) is 17.5 Å². The second kappa shape index (κ2) is 6.27. The number of nitrogens with one attached hydrogen (secondary N) is 1. The fraction of sp³-hybridized carbons (Fsp3) is 0.636. The van der Waals surface area contributed by atoms with E-state index in [1.807, 2.05) is 14.0 Å². The highest BCUT2D eigenvalue weighted by Crippen LogP contribution is 2.07. The average molecular weight is 225 g/mol. The standard InChI is InChI=1S/C11H19N3O2/c1-9-10(8-13-14(9)2)4-5-11(16)12-6-3-7-15/h8,15H,3-7H2,1-2H3,(H,12,16). The number of carbonyl (C=O) groups is 1. The van der Waals surface area contributed by atoms with Crippen molar-refractivity contribution in [2.24, 2.45) is 7.05 Å². The first-order valence-electron chi connectivity index (χ1n) is 5.50. The van der Waals surface area contributed by atoms with E-state index in [1.54, 1.807) is 10.9 Å². The molecule has 0 aliphatic carbocycles. The summed E-state index contributed by atoms with van der Waals surface area (Å²) in [4.78, 5) is 11.4. The van der Waals surface area contributed by atoms with Gasteiger partial charge in [0.05, 0.1) is 6.20 Å². The van der Waals surface area contributed by atoms with Crippen molar-refractivity contribution in [1.29, 1.82) is 0 Å². The van der Waals surface area contributed by atoms with Gasteiger partial charge in [0.2, 0.25) is 5.91 Å². The molecule has 0 radical (unpaired) electrons. The second-order valence-electron chi connectivity index (χ2n) is 3.81. The van der Waals surface area contributed by atoms with E-state index in [4.69, 9.17) is 5.11 Å². The number of carbonyl (C=O) groups excluding carboxylic acids is 1. The van der Waals surface area contributed by atoms with E-state index in [-0.39, 0.29) is 12.5 Å². The van der Waals surface area contributed by atoms with Crippen LogP contribution in [0.4, 0.5) is 0 Å². The first kappa shape index (κ1) is 12.7. The summed E-state index contributed by atoms with van der Waals surface area (Å²) in [6.45, 7) is 2.65. The van der Waals surface area contributed by atoms with Gasteiger partial charge in [-0.1, -0.05) is 0 Å². The lowest BCUT2D eigenvalue weighted by Gasteiger charge is -2.03. The summed E-state index contributed by atoms with van der Waals surface area (Å²) in [5, 5.41) is 15.4. The Morgan fingerprint density at radius 3 is 2.94 bits per heavy atom. The zero-order valence-corrected chi connectivity index (χ0v) is 9.86. The van der Waals surface area contributed by atoms with E-state index in [0.29, 0.717) is 25.8 Å². The molecule has 5 nitrogen and oxygen atoms in total. The molecule has 0 fully saturated rings. The quantitative estimate of drug-likeness (QED) is 0.678. The van der Waals surface area contributed by atoms with Gasteiger partial charge in [0.15, 0.2) is 0 Å². The molecule has 5 heteroatoms. The Bertz CT molecular complexity index is 347. The molecule has 90 valence electrons. The Morgan fingerprint density at radius 1 is 1.62 bits per heavy atom. The summed E-state index contributed by atoms with van der Waals surface area (Å²) in [6, 6.07) is 0. The van der Waals surface area contributed by atoms with Gasteiger partial charge >= 0.3 is 0 Å². The van der Waals surface area contributed by atoms with Gasteiger partial charge in [0.25, 0.3) is 0 Å². The first-order chi connectivity index (χ1) is 7.65. The third-order valence-corrected chi connectivity index (χ3v) is 2.62. The lowest BCUT2D eigenvalue weighted by molar-refractivity contribution is -0.121. The highest BCUT2D eigenvalue weighted by atomic mass is 16.3. The Kier molecular flexibility index (Phi) is 4.98. The number of aliphatic hydroxyl groups excluding tert-OH is 1. The van der Waals surface area contributed by atoms with E-state index >= 15 is 0 Å². The molecule has 1 aromatic rings. The predicted molar refractivity (Wildman–Crippen MR) is 61.0 cm³/mol. The van der Waals surface area contributed by atoms with Crippen LogP contribution < -0.4 is 5.32 Å². The molecule has 1 amide bonds. The van der Waals surface area contributed by atoms with Crippen molar-refractivity contribution in [3.8, 4) is 0 Å². The second-order valence-corrected chi connectivity index (χ2v) is 3.81. The number of hydrogen-bond donors (Lipinski definition) is 2. The van der Waals surface area contributed by atoms with Crippen LogP contribution in [0, 0.1) is 6.92 Å². The smallest absolute Gasteiger partial charge is 0.220 e. The molecule has 0 bridgehead atoms. The monoisotopic (exact) mass is 225 g/mol. The first-order valence-corrected chi connectivity index (χ1v) is 5.50. The van der Waals surface area contributed by atoms with Crippen LogP contribution in [0.1, 0.15) is 24.1 Å². The maximum atomic E-state index is 11.4. The number of aromatic nitrogens is 2. The lowest BCUT2D eigenvalue weighted by atomic mass is 10.1. The molecule has 0 aliphatic heterocycles. The van der Waals surface area contributed by atoms with Crippen LogP contribution in [0.25, 0.3) is 0 Å². The van der Waals surface area contributed by atoms with Gasteiger partial charge in [-0.05, 0) is 25.3 Å². The summed E-state index contributed by atoms with van der Waals surface area (Å²) in [5.74, 6) is 0.0247. The van der Waals surface area contributed by atoms with Crippen LogP contribution >= 0.6 is 0 Å². The third kappa shape index (κ3) is 3.66. The molecule has 1 heterocycles. The van der Waals surface area contributed by atoms with E-state index < -0.39 is 0 Å². The summed E-state index contributed by atoms with van der Waals surface area (Å²) >= 11 is 0. The highest BCUT2D eigenvalue weighted by Gasteiger charge is 2.06. The van der Waals surface area contributed by atoms with Gasteiger partial charge in [0.1, 0.15) is 0 Å². The molecule has 1 rings (SSSR count). The Morgan fingerprint density at radius 2 is 2.38 bits per heavy atom. The van der Waals surface area contributed by atoms with Crippen LogP contribution in [0.15, 0.2) is 6.20 Å². The molecular formula is C11H19N3O2. The normalized spacial score (nSPS) is 10.4. The number of nitrogens with zero attached hydrogens (tertiary/aromatic N) is 2. The van der Waals surface area contributed by atoms with Crippen LogP contribution in [-0.4, -0.2) is 33.9 Å². The zero-order valence-electron chi connectivity index (χ0n) is 9.86. The van der Waals surface area contributed by atoms with Crippen molar-refractivity contribution >= 4 is 5.91 Å². The van der Waals surface area contributed by atoms with E-state index in [0.717, 1.165) is 11.3 Å². The minimum absolute atomic E-state index is 0.0247. The Labute approximate surface area is 95.5 Å². The van der Waals surface area contributed by atoms with Crippen LogP contribution in [0.2, 0.25) is 0 Å². The molecule has 0 aromatic carbocycles. The maximum Gasteiger partial charge on any atom is 0.220 e. The molecule has 0 unspecified atom stereocenters. The number of amides is 1. The SMILES string of the molecule is Cc1c(CCC(=O)NCCCO)cnn1C. The van der Waals surface area contributed by atoms with Gasteiger partial charge in [0, 0.05) is 32.3 Å². The summed E-state index contributed by atoms with van der Waals surface area (Å²) in [5.41, 5.74) is 2.21.